The van der Waals surface area contributed by atoms with Gasteiger partial charge in [-0.15, -0.1) is 0 Å². The summed E-state index contributed by atoms with van der Waals surface area (Å²) >= 11 is 5.92. The van der Waals surface area contributed by atoms with Crippen molar-refractivity contribution in [2.24, 2.45) is 0 Å². The molecule has 0 atom stereocenters. The first kappa shape index (κ1) is 14.2. The second-order valence-electron chi connectivity index (χ2n) is 5.06. The largest absolute Gasteiger partial charge is 0.384 e. The van der Waals surface area contributed by atoms with Crippen molar-refractivity contribution in [2.45, 2.75) is 18.2 Å². The molecule has 1 heterocycles. The Morgan fingerprint density at radius 1 is 1.19 bits per heavy atom. The Bertz CT molecular complexity index is 803. The van der Waals surface area contributed by atoms with Crippen LogP contribution in [0.25, 0.3) is 0 Å². The van der Waals surface area contributed by atoms with E-state index in [9.17, 15) is 8.42 Å². The normalized spacial score (nSPS) is 13.6. The molecule has 6 heteroatoms. The third-order valence-electron chi connectivity index (χ3n) is 3.55. The van der Waals surface area contributed by atoms with E-state index in [4.69, 9.17) is 11.6 Å². The van der Waals surface area contributed by atoms with Crippen LogP contribution in [-0.2, 0) is 16.4 Å². The zero-order chi connectivity index (χ0) is 15.0. The van der Waals surface area contributed by atoms with E-state index in [0.717, 1.165) is 29.8 Å². The molecule has 1 aliphatic heterocycles. The number of nitrogens with one attached hydrogen (secondary N) is 2. The van der Waals surface area contributed by atoms with Crippen molar-refractivity contribution < 1.29 is 8.42 Å². The average Bonchev–Trinajstić information content (AvgIpc) is 2.90. The van der Waals surface area contributed by atoms with Crippen LogP contribution in [0, 0.1) is 6.92 Å². The lowest BCUT2D eigenvalue weighted by Gasteiger charge is -2.12. The third kappa shape index (κ3) is 2.84. The Kier molecular flexibility index (Phi) is 3.55. The molecule has 0 aromatic heterocycles. The van der Waals surface area contributed by atoms with Crippen LogP contribution in [0.3, 0.4) is 0 Å². The quantitative estimate of drug-likeness (QED) is 0.910. The summed E-state index contributed by atoms with van der Waals surface area (Å²) in [4.78, 5) is 0.245. The Labute approximate surface area is 129 Å². The van der Waals surface area contributed by atoms with Gasteiger partial charge in [-0.1, -0.05) is 23.7 Å². The zero-order valence-corrected chi connectivity index (χ0v) is 13.1. The number of rotatable bonds is 3. The van der Waals surface area contributed by atoms with E-state index in [2.05, 4.69) is 10.0 Å². The number of benzene rings is 2. The molecule has 0 spiro atoms. The van der Waals surface area contributed by atoms with Crippen LogP contribution >= 0.6 is 11.6 Å². The number of halogens is 1. The van der Waals surface area contributed by atoms with E-state index in [1.807, 2.05) is 13.0 Å². The Morgan fingerprint density at radius 3 is 2.81 bits per heavy atom. The molecule has 0 saturated carbocycles. The summed E-state index contributed by atoms with van der Waals surface area (Å²) in [5.41, 5.74) is 3.35. The lowest BCUT2D eigenvalue weighted by Crippen LogP contribution is -2.14. The first-order chi connectivity index (χ1) is 9.95. The highest BCUT2D eigenvalue weighted by Crippen LogP contribution is 2.28. The second kappa shape index (κ2) is 5.24. The monoisotopic (exact) mass is 322 g/mol. The van der Waals surface area contributed by atoms with Crippen molar-refractivity contribution in [3.05, 3.63) is 52.5 Å². The molecule has 2 aromatic carbocycles. The Balaban J connectivity index is 1.95. The molecule has 0 saturated heterocycles. The van der Waals surface area contributed by atoms with Gasteiger partial charge in [0.2, 0.25) is 0 Å². The van der Waals surface area contributed by atoms with Crippen LogP contribution in [0.4, 0.5) is 11.4 Å². The van der Waals surface area contributed by atoms with Gasteiger partial charge in [0, 0.05) is 17.3 Å². The number of hydrogen-bond donors (Lipinski definition) is 2. The van der Waals surface area contributed by atoms with E-state index >= 15 is 0 Å². The number of fused-ring (bicyclic) bond motifs is 1. The lowest BCUT2D eigenvalue weighted by molar-refractivity contribution is 0.601. The molecular formula is C15H15ClN2O2S. The fourth-order valence-electron chi connectivity index (χ4n) is 2.34. The maximum Gasteiger partial charge on any atom is 0.261 e. The van der Waals surface area contributed by atoms with Crippen molar-refractivity contribution >= 4 is 33.0 Å². The predicted molar refractivity (Wildman–Crippen MR) is 85.6 cm³/mol. The van der Waals surface area contributed by atoms with Gasteiger partial charge in [0.1, 0.15) is 0 Å². The third-order valence-corrected chi connectivity index (χ3v) is 5.14. The molecule has 0 fully saturated rings. The van der Waals surface area contributed by atoms with Crippen molar-refractivity contribution in [3.8, 4) is 0 Å². The first-order valence-electron chi connectivity index (χ1n) is 6.61. The molecule has 0 bridgehead atoms. The Hall–Kier alpha value is -1.72. The van der Waals surface area contributed by atoms with Gasteiger partial charge in [0.15, 0.2) is 0 Å². The number of sulfonamides is 1. The summed E-state index contributed by atoms with van der Waals surface area (Å²) in [7, 11) is -3.62. The van der Waals surface area contributed by atoms with Crippen molar-refractivity contribution in [3.63, 3.8) is 0 Å². The van der Waals surface area contributed by atoms with Gasteiger partial charge in [0.25, 0.3) is 10.0 Å². The minimum Gasteiger partial charge on any atom is -0.384 e. The molecule has 3 rings (SSSR count). The molecule has 21 heavy (non-hydrogen) atoms. The molecular weight excluding hydrogens is 308 g/mol. The number of aryl methyl sites for hydroxylation is 1. The van der Waals surface area contributed by atoms with Crippen LogP contribution in [0.2, 0.25) is 5.02 Å². The van der Waals surface area contributed by atoms with E-state index in [-0.39, 0.29) is 4.90 Å². The maximum atomic E-state index is 12.5. The van der Waals surface area contributed by atoms with Gasteiger partial charge in [-0.3, -0.25) is 4.72 Å². The van der Waals surface area contributed by atoms with Crippen molar-refractivity contribution in [1.82, 2.24) is 0 Å². The summed E-state index contributed by atoms with van der Waals surface area (Å²) in [6.45, 7) is 2.68. The fourth-order valence-corrected chi connectivity index (χ4v) is 3.66. The summed E-state index contributed by atoms with van der Waals surface area (Å²) in [5, 5.41) is 3.68. The van der Waals surface area contributed by atoms with Crippen LogP contribution in [0.15, 0.2) is 41.3 Å². The maximum absolute atomic E-state index is 12.5. The van der Waals surface area contributed by atoms with Crippen LogP contribution in [0.5, 0.6) is 0 Å². The van der Waals surface area contributed by atoms with Gasteiger partial charge in [0.05, 0.1) is 10.6 Å². The van der Waals surface area contributed by atoms with E-state index in [0.29, 0.717) is 10.7 Å². The topological polar surface area (TPSA) is 58.2 Å². The second-order valence-corrected chi connectivity index (χ2v) is 7.18. The molecule has 2 aromatic rings. The van der Waals surface area contributed by atoms with Gasteiger partial charge >= 0.3 is 0 Å². The van der Waals surface area contributed by atoms with Gasteiger partial charge in [-0.05, 0) is 48.7 Å². The lowest BCUT2D eigenvalue weighted by atomic mass is 10.2. The summed E-state index contributed by atoms with van der Waals surface area (Å²) in [6.07, 6.45) is 0.927. The minimum atomic E-state index is -3.62. The molecule has 2 N–H and O–H groups in total. The van der Waals surface area contributed by atoms with Crippen molar-refractivity contribution in [2.75, 3.05) is 16.6 Å². The predicted octanol–water partition coefficient (Wildman–Crippen LogP) is 3.42. The molecule has 0 amide bonds. The fraction of sp³-hybridized carbons (Fsp3) is 0.200. The summed E-state index contributed by atoms with van der Waals surface area (Å²) in [6, 6.07) is 10.3. The highest BCUT2D eigenvalue weighted by Gasteiger charge is 2.19. The summed E-state index contributed by atoms with van der Waals surface area (Å²) < 4.78 is 27.6. The van der Waals surface area contributed by atoms with E-state index < -0.39 is 10.0 Å². The van der Waals surface area contributed by atoms with Crippen LogP contribution in [0.1, 0.15) is 11.1 Å². The molecule has 0 radical (unpaired) electrons. The van der Waals surface area contributed by atoms with Crippen LogP contribution in [-0.4, -0.2) is 15.0 Å². The molecule has 4 nitrogen and oxygen atoms in total. The van der Waals surface area contributed by atoms with Crippen LogP contribution < -0.4 is 10.0 Å². The zero-order valence-electron chi connectivity index (χ0n) is 11.5. The molecule has 110 valence electrons. The van der Waals surface area contributed by atoms with Gasteiger partial charge in [-0.2, -0.15) is 0 Å². The highest BCUT2D eigenvalue weighted by molar-refractivity contribution is 7.92. The SMILES string of the molecule is Cc1ccc(Cl)cc1NS(=O)(=O)c1ccc2c(c1)NCC2. The average molecular weight is 323 g/mol. The molecule has 1 aliphatic rings. The highest BCUT2D eigenvalue weighted by atomic mass is 35.5. The van der Waals surface area contributed by atoms with Crippen molar-refractivity contribution in [1.29, 1.82) is 0 Å². The number of hydrogen-bond acceptors (Lipinski definition) is 3. The molecule has 0 unspecified atom stereocenters. The Morgan fingerprint density at radius 2 is 2.00 bits per heavy atom. The van der Waals surface area contributed by atoms with E-state index in [1.165, 1.54) is 0 Å². The van der Waals surface area contributed by atoms with Gasteiger partial charge in [-0.25, -0.2) is 8.42 Å². The van der Waals surface area contributed by atoms with Gasteiger partial charge < -0.3 is 5.32 Å². The number of anilines is 2. The van der Waals surface area contributed by atoms with E-state index in [1.54, 1.807) is 30.3 Å². The minimum absolute atomic E-state index is 0.245. The molecule has 0 aliphatic carbocycles. The summed E-state index contributed by atoms with van der Waals surface area (Å²) in [5.74, 6) is 0. The standard InChI is InChI=1S/C15H15ClN2O2S/c1-10-2-4-12(16)8-14(10)18-21(19,20)13-5-3-11-6-7-17-15(11)9-13/h2-5,8-9,17-18H,6-7H2,1H3. The first-order valence-corrected chi connectivity index (χ1v) is 8.47. The smallest absolute Gasteiger partial charge is 0.261 e.